The Morgan fingerprint density at radius 2 is 1.93 bits per heavy atom. The number of pyridine rings is 1. The van der Waals surface area contributed by atoms with Gasteiger partial charge in [-0.05, 0) is 30.3 Å². The second-order valence-electron chi connectivity index (χ2n) is 2.84. The van der Waals surface area contributed by atoms with Crippen LogP contribution in [0.2, 0.25) is 10.0 Å². The summed E-state index contributed by atoms with van der Waals surface area (Å²) in [4.78, 5) is 5.13. The molecule has 0 bridgehead atoms. The summed E-state index contributed by atoms with van der Waals surface area (Å²) in [5.74, 6) is 0. The first-order chi connectivity index (χ1) is 7.25. The van der Waals surface area contributed by atoms with Gasteiger partial charge in [-0.15, -0.1) is 0 Å². The molecule has 1 nitrogen and oxygen atoms in total. The SMILES string of the molecule is Clc1ccc(Cl)c(Sc2ccccn2)c1. The zero-order valence-corrected chi connectivity index (χ0v) is 9.98. The standard InChI is InChI=1S/C11H7Cl2NS/c12-8-4-5-9(13)10(7-8)15-11-3-1-2-6-14-11/h1-7H. The lowest BCUT2D eigenvalue weighted by Gasteiger charge is -2.03. The molecule has 0 atom stereocenters. The van der Waals surface area contributed by atoms with E-state index in [4.69, 9.17) is 23.2 Å². The largest absolute Gasteiger partial charge is 0.250 e. The second-order valence-corrected chi connectivity index (χ2v) is 4.75. The summed E-state index contributed by atoms with van der Waals surface area (Å²) in [5, 5.41) is 2.27. The van der Waals surface area contributed by atoms with Crippen molar-refractivity contribution in [3.8, 4) is 0 Å². The van der Waals surface area contributed by atoms with Gasteiger partial charge >= 0.3 is 0 Å². The van der Waals surface area contributed by atoms with Crippen LogP contribution in [0.25, 0.3) is 0 Å². The van der Waals surface area contributed by atoms with Gasteiger partial charge in [0, 0.05) is 16.1 Å². The van der Waals surface area contributed by atoms with Crippen LogP contribution in [-0.2, 0) is 0 Å². The molecule has 2 rings (SSSR count). The first-order valence-corrected chi connectivity index (χ1v) is 5.87. The van der Waals surface area contributed by atoms with Crippen molar-refractivity contribution < 1.29 is 0 Å². The van der Waals surface area contributed by atoms with Crippen LogP contribution in [-0.4, -0.2) is 4.98 Å². The molecule has 0 spiro atoms. The number of nitrogens with zero attached hydrogens (tertiary/aromatic N) is 1. The molecular weight excluding hydrogens is 249 g/mol. The van der Waals surface area contributed by atoms with Crippen LogP contribution in [0.3, 0.4) is 0 Å². The van der Waals surface area contributed by atoms with Gasteiger partial charge in [0.15, 0.2) is 0 Å². The molecule has 0 unspecified atom stereocenters. The number of aromatic nitrogens is 1. The van der Waals surface area contributed by atoms with E-state index in [0.717, 1.165) is 9.92 Å². The second kappa shape index (κ2) is 4.88. The first-order valence-electron chi connectivity index (χ1n) is 4.29. The molecule has 0 saturated carbocycles. The van der Waals surface area contributed by atoms with Gasteiger partial charge in [-0.2, -0.15) is 0 Å². The van der Waals surface area contributed by atoms with Gasteiger partial charge in [-0.1, -0.05) is 41.0 Å². The lowest BCUT2D eigenvalue weighted by molar-refractivity contribution is 1.13. The highest BCUT2D eigenvalue weighted by Crippen LogP contribution is 2.33. The van der Waals surface area contributed by atoms with E-state index in [2.05, 4.69) is 4.98 Å². The average molecular weight is 256 g/mol. The summed E-state index contributed by atoms with van der Waals surface area (Å²) in [6.45, 7) is 0. The molecule has 0 aliphatic carbocycles. The summed E-state index contributed by atoms with van der Waals surface area (Å²) in [7, 11) is 0. The van der Waals surface area contributed by atoms with Crippen molar-refractivity contribution in [2.45, 2.75) is 9.92 Å². The van der Waals surface area contributed by atoms with E-state index in [-0.39, 0.29) is 0 Å². The van der Waals surface area contributed by atoms with E-state index in [0.29, 0.717) is 10.0 Å². The zero-order chi connectivity index (χ0) is 10.7. The van der Waals surface area contributed by atoms with Crippen molar-refractivity contribution in [3.63, 3.8) is 0 Å². The van der Waals surface area contributed by atoms with Crippen molar-refractivity contribution in [3.05, 3.63) is 52.6 Å². The Kier molecular flexibility index (Phi) is 3.52. The molecule has 2 aromatic rings. The molecular formula is C11H7Cl2NS. The predicted molar refractivity (Wildman–Crippen MR) is 64.8 cm³/mol. The third-order valence-corrected chi connectivity index (χ3v) is 3.43. The Morgan fingerprint density at radius 1 is 1.07 bits per heavy atom. The summed E-state index contributed by atoms with van der Waals surface area (Å²) in [5.41, 5.74) is 0. The Balaban J connectivity index is 2.28. The van der Waals surface area contributed by atoms with Crippen LogP contribution >= 0.6 is 35.0 Å². The van der Waals surface area contributed by atoms with Crippen LogP contribution < -0.4 is 0 Å². The fourth-order valence-corrected chi connectivity index (χ4v) is 2.38. The lowest BCUT2D eigenvalue weighted by atomic mass is 10.4. The van der Waals surface area contributed by atoms with E-state index in [9.17, 15) is 0 Å². The van der Waals surface area contributed by atoms with Crippen molar-refractivity contribution in [2.24, 2.45) is 0 Å². The van der Waals surface area contributed by atoms with Crippen LogP contribution in [0.5, 0.6) is 0 Å². The molecule has 1 aromatic carbocycles. The van der Waals surface area contributed by atoms with Crippen LogP contribution in [0.4, 0.5) is 0 Å². The maximum absolute atomic E-state index is 6.04. The average Bonchev–Trinajstić information content (AvgIpc) is 2.25. The Labute approximate surface area is 102 Å². The number of rotatable bonds is 2. The maximum Gasteiger partial charge on any atom is 0.101 e. The van der Waals surface area contributed by atoms with Gasteiger partial charge in [0.05, 0.1) is 5.02 Å². The van der Waals surface area contributed by atoms with Crippen LogP contribution in [0, 0.1) is 0 Å². The third kappa shape index (κ3) is 2.88. The molecule has 0 radical (unpaired) electrons. The summed E-state index contributed by atoms with van der Waals surface area (Å²) in [6.07, 6.45) is 1.75. The zero-order valence-electron chi connectivity index (χ0n) is 7.65. The molecule has 76 valence electrons. The Morgan fingerprint density at radius 3 is 2.67 bits per heavy atom. The van der Waals surface area contributed by atoms with Gasteiger partial charge in [0.25, 0.3) is 0 Å². The van der Waals surface area contributed by atoms with Gasteiger partial charge < -0.3 is 0 Å². The molecule has 4 heteroatoms. The normalized spacial score (nSPS) is 10.3. The molecule has 0 N–H and O–H groups in total. The third-order valence-electron chi connectivity index (χ3n) is 1.75. The Bertz CT molecular complexity index is 459. The molecule has 0 aliphatic rings. The fourth-order valence-electron chi connectivity index (χ4n) is 1.08. The number of hydrogen-bond acceptors (Lipinski definition) is 2. The number of halogens is 2. The fraction of sp³-hybridized carbons (Fsp3) is 0. The summed E-state index contributed by atoms with van der Waals surface area (Å²) < 4.78 is 0. The molecule has 0 amide bonds. The topological polar surface area (TPSA) is 12.9 Å². The maximum atomic E-state index is 6.04. The molecule has 0 aliphatic heterocycles. The van der Waals surface area contributed by atoms with E-state index >= 15 is 0 Å². The highest BCUT2D eigenvalue weighted by molar-refractivity contribution is 7.99. The van der Waals surface area contributed by atoms with Gasteiger partial charge in [0.2, 0.25) is 0 Å². The van der Waals surface area contributed by atoms with E-state index in [1.807, 2.05) is 24.3 Å². The first kappa shape index (κ1) is 10.8. The van der Waals surface area contributed by atoms with Crippen molar-refractivity contribution in [1.29, 1.82) is 0 Å². The molecule has 15 heavy (non-hydrogen) atoms. The minimum atomic E-state index is 0.679. The Hall–Kier alpha value is -0.700. The van der Waals surface area contributed by atoms with Crippen LogP contribution in [0.1, 0.15) is 0 Å². The minimum Gasteiger partial charge on any atom is -0.250 e. The number of hydrogen-bond donors (Lipinski definition) is 0. The van der Waals surface area contributed by atoms with E-state index in [1.165, 1.54) is 11.8 Å². The summed E-state index contributed by atoms with van der Waals surface area (Å²) in [6, 6.07) is 11.1. The number of benzene rings is 1. The van der Waals surface area contributed by atoms with Gasteiger partial charge in [0.1, 0.15) is 5.03 Å². The highest BCUT2D eigenvalue weighted by Gasteiger charge is 2.03. The van der Waals surface area contributed by atoms with Crippen molar-refractivity contribution in [2.75, 3.05) is 0 Å². The molecule has 0 saturated heterocycles. The molecule has 1 aromatic heterocycles. The van der Waals surface area contributed by atoms with Gasteiger partial charge in [-0.25, -0.2) is 4.98 Å². The lowest BCUT2D eigenvalue weighted by Crippen LogP contribution is -1.79. The smallest absolute Gasteiger partial charge is 0.101 e. The van der Waals surface area contributed by atoms with E-state index in [1.54, 1.807) is 18.3 Å². The summed E-state index contributed by atoms with van der Waals surface area (Å²) >= 11 is 13.4. The van der Waals surface area contributed by atoms with Crippen LogP contribution in [0.15, 0.2) is 52.5 Å². The van der Waals surface area contributed by atoms with Crippen molar-refractivity contribution >= 4 is 35.0 Å². The quantitative estimate of drug-likeness (QED) is 0.782. The monoisotopic (exact) mass is 255 g/mol. The van der Waals surface area contributed by atoms with Gasteiger partial charge in [-0.3, -0.25) is 0 Å². The van der Waals surface area contributed by atoms with Crippen molar-refractivity contribution in [1.82, 2.24) is 4.98 Å². The van der Waals surface area contributed by atoms with E-state index < -0.39 is 0 Å². The predicted octanol–water partition coefficient (Wildman–Crippen LogP) is 4.54. The highest BCUT2D eigenvalue weighted by atomic mass is 35.5. The minimum absolute atomic E-state index is 0.679. The molecule has 1 heterocycles. The molecule has 0 fully saturated rings.